The molecule has 120 valence electrons. The molecule has 2 fully saturated rings. The van der Waals surface area contributed by atoms with Crippen molar-refractivity contribution in [2.24, 2.45) is 5.92 Å². The van der Waals surface area contributed by atoms with Gasteiger partial charge in [0.1, 0.15) is 5.82 Å². The third-order valence-corrected chi connectivity index (χ3v) is 4.89. The average molecular weight is 306 g/mol. The van der Waals surface area contributed by atoms with Gasteiger partial charge in [0.2, 0.25) is 0 Å². The Labute approximate surface area is 130 Å². The number of hydrogen-bond acceptors (Lipinski definition) is 2. The molecule has 22 heavy (non-hydrogen) atoms. The molecule has 0 unspecified atom stereocenters. The van der Waals surface area contributed by atoms with Crippen LogP contribution in [0.1, 0.15) is 38.5 Å². The van der Waals surface area contributed by atoms with E-state index >= 15 is 0 Å². The minimum atomic E-state index is -0.474. The molecule has 1 heterocycles. The molecule has 5 heteroatoms. The molecule has 3 rings (SSSR count). The fourth-order valence-electron chi connectivity index (χ4n) is 3.79. The lowest BCUT2D eigenvalue weighted by molar-refractivity contribution is 0.164. The summed E-state index contributed by atoms with van der Waals surface area (Å²) >= 11 is 0. The minimum Gasteiger partial charge on any atom is -0.391 e. The molecule has 2 amide bonds. The zero-order chi connectivity index (χ0) is 15.5. The van der Waals surface area contributed by atoms with E-state index in [-0.39, 0.29) is 17.8 Å². The third-order valence-electron chi connectivity index (χ3n) is 4.89. The van der Waals surface area contributed by atoms with Crippen molar-refractivity contribution in [2.45, 2.75) is 50.7 Å². The SMILES string of the molecule is O=C(Nc1ccccc1F)N1C[C@H](O)C[C@@H]1C1CCCCC1. The standard InChI is InChI=1S/C17H23FN2O2/c18-14-8-4-5-9-15(14)19-17(22)20-11-13(21)10-16(20)12-6-2-1-3-7-12/h4-5,8-9,12-13,16,21H,1-3,6-7,10-11H2,(H,19,22)/t13-,16-/m1/s1. The number of urea groups is 1. The fourth-order valence-corrected chi connectivity index (χ4v) is 3.79. The molecular formula is C17H23FN2O2. The van der Waals surface area contributed by atoms with Gasteiger partial charge in [0.15, 0.2) is 0 Å². The number of anilines is 1. The molecule has 0 spiro atoms. The predicted octanol–water partition coefficient (Wildman–Crippen LogP) is 3.37. The summed E-state index contributed by atoms with van der Waals surface area (Å²) < 4.78 is 13.7. The predicted molar refractivity (Wildman–Crippen MR) is 83.1 cm³/mol. The number of benzene rings is 1. The highest BCUT2D eigenvalue weighted by Gasteiger charge is 2.39. The van der Waals surface area contributed by atoms with Crippen LogP contribution >= 0.6 is 0 Å². The minimum absolute atomic E-state index is 0.0714. The summed E-state index contributed by atoms with van der Waals surface area (Å²) in [6, 6.07) is 5.92. The summed E-state index contributed by atoms with van der Waals surface area (Å²) in [5.41, 5.74) is 0.191. The highest BCUT2D eigenvalue weighted by molar-refractivity contribution is 5.89. The first kappa shape index (κ1) is 15.3. The van der Waals surface area contributed by atoms with Gasteiger partial charge in [-0.05, 0) is 37.3 Å². The molecular weight excluding hydrogens is 283 g/mol. The first-order valence-electron chi connectivity index (χ1n) is 8.15. The number of nitrogens with zero attached hydrogens (tertiary/aromatic N) is 1. The number of carbonyl (C=O) groups excluding carboxylic acids is 1. The van der Waals surface area contributed by atoms with Gasteiger partial charge in [-0.2, -0.15) is 0 Å². The van der Waals surface area contributed by atoms with Gasteiger partial charge in [0.25, 0.3) is 0 Å². The smallest absolute Gasteiger partial charge is 0.322 e. The Morgan fingerprint density at radius 1 is 1.23 bits per heavy atom. The Morgan fingerprint density at radius 2 is 1.95 bits per heavy atom. The van der Waals surface area contributed by atoms with Gasteiger partial charge >= 0.3 is 6.03 Å². The molecule has 2 atom stereocenters. The van der Waals surface area contributed by atoms with E-state index in [0.717, 1.165) is 12.8 Å². The lowest BCUT2D eigenvalue weighted by Gasteiger charge is -2.33. The molecule has 1 aliphatic heterocycles. The van der Waals surface area contributed by atoms with Crippen LogP contribution in [-0.4, -0.2) is 34.7 Å². The van der Waals surface area contributed by atoms with Crippen LogP contribution in [-0.2, 0) is 0 Å². The van der Waals surface area contributed by atoms with Gasteiger partial charge < -0.3 is 15.3 Å². The molecule has 1 aromatic rings. The molecule has 0 radical (unpaired) electrons. The zero-order valence-electron chi connectivity index (χ0n) is 12.7. The maximum atomic E-state index is 13.7. The number of nitrogens with one attached hydrogen (secondary N) is 1. The van der Waals surface area contributed by atoms with Crippen molar-refractivity contribution >= 4 is 11.7 Å². The maximum Gasteiger partial charge on any atom is 0.322 e. The zero-order valence-corrected chi connectivity index (χ0v) is 12.7. The molecule has 2 N–H and O–H groups in total. The average Bonchev–Trinajstić information content (AvgIpc) is 2.92. The third kappa shape index (κ3) is 3.24. The second-order valence-corrected chi connectivity index (χ2v) is 6.42. The number of aliphatic hydroxyl groups is 1. The highest BCUT2D eigenvalue weighted by atomic mass is 19.1. The van der Waals surface area contributed by atoms with Crippen molar-refractivity contribution in [2.75, 3.05) is 11.9 Å². The number of hydrogen-bond donors (Lipinski definition) is 2. The van der Waals surface area contributed by atoms with E-state index in [1.807, 2.05) is 0 Å². The number of carbonyl (C=O) groups is 1. The van der Waals surface area contributed by atoms with Crippen LogP contribution in [0.25, 0.3) is 0 Å². The van der Waals surface area contributed by atoms with E-state index in [2.05, 4.69) is 5.32 Å². The Morgan fingerprint density at radius 3 is 2.68 bits per heavy atom. The summed E-state index contributed by atoms with van der Waals surface area (Å²) in [7, 11) is 0. The molecule has 0 aromatic heterocycles. The summed E-state index contributed by atoms with van der Waals surface area (Å²) in [5.74, 6) is 0.0158. The number of para-hydroxylation sites is 1. The van der Waals surface area contributed by atoms with Crippen LogP contribution in [0.4, 0.5) is 14.9 Å². The van der Waals surface area contributed by atoms with Crippen molar-refractivity contribution in [1.29, 1.82) is 0 Å². The van der Waals surface area contributed by atoms with Crippen molar-refractivity contribution in [3.63, 3.8) is 0 Å². The number of likely N-dealkylation sites (tertiary alicyclic amines) is 1. The first-order chi connectivity index (χ1) is 10.6. The van der Waals surface area contributed by atoms with Crippen molar-refractivity contribution in [1.82, 2.24) is 4.90 Å². The molecule has 0 bridgehead atoms. The largest absolute Gasteiger partial charge is 0.391 e. The topological polar surface area (TPSA) is 52.6 Å². The summed E-state index contributed by atoms with van der Waals surface area (Å²) in [6.45, 7) is 0.335. The summed E-state index contributed by atoms with van der Waals surface area (Å²) in [6.07, 6.45) is 6.03. The van der Waals surface area contributed by atoms with Crippen LogP contribution in [0.15, 0.2) is 24.3 Å². The van der Waals surface area contributed by atoms with Gasteiger partial charge in [0.05, 0.1) is 11.8 Å². The van der Waals surface area contributed by atoms with E-state index < -0.39 is 11.9 Å². The van der Waals surface area contributed by atoms with Crippen molar-refractivity contribution in [3.05, 3.63) is 30.1 Å². The number of amides is 2. The molecule has 2 aliphatic rings. The van der Waals surface area contributed by atoms with Gasteiger partial charge in [-0.3, -0.25) is 0 Å². The Hall–Kier alpha value is -1.62. The number of aliphatic hydroxyl groups excluding tert-OH is 1. The normalized spacial score (nSPS) is 26.2. The van der Waals surface area contributed by atoms with Crippen molar-refractivity contribution in [3.8, 4) is 0 Å². The van der Waals surface area contributed by atoms with E-state index in [0.29, 0.717) is 18.9 Å². The van der Waals surface area contributed by atoms with E-state index in [9.17, 15) is 14.3 Å². The number of β-amino-alcohol motifs (C(OH)–C–C–N with tert-alkyl or cyclic N) is 1. The monoisotopic (exact) mass is 306 g/mol. The number of rotatable bonds is 2. The quantitative estimate of drug-likeness (QED) is 0.880. The number of halogens is 1. The molecule has 1 aromatic carbocycles. The second-order valence-electron chi connectivity index (χ2n) is 6.42. The van der Waals surface area contributed by atoms with Gasteiger partial charge in [-0.25, -0.2) is 9.18 Å². The highest BCUT2D eigenvalue weighted by Crippen LogP contribution is 2.34. The summed E-state index contributed by atoms with van der Waals surface area (Å²) in [5, 5.41) is 12.6. The van der Waals surface area contributed by atoms with Crippen LogP contribution in [0.3, 0.4) is 0 Å². The van der Waals surface area contributed by atoms with Gasteiger partial charge in [0, 0.05) is 12.6 Å². The lowest BCUT2D eigenvalue weighted by Crippen LogP contribution is -2.43. The van der Waals surface area contributed by atoms with Crippen LogP contribution in [0, 0.1) is 11.7 Å². The summed E-state index contributed by atoms with van der Waals surface area (Å²) in [4.78, 5) is 14.2. The van der Waals surface area contributed by atoms with Crippen LogP contribution in [0.2, 0.25) is 0 Å². The van der Waals surface area contributed by atoms with Crippen molar-refractivity contribution < 1.29 is 14.3 Å². The fraction of sp³-hybridized carbons (Fsp3) is 0.588. The Balaban J connectivity index is 1.70. The van der Waals surface area contributed by atoms with Gasteiger partial charge in [-0.15, -0.1) is 0 Å². The second kappa shape index (κ2) is 6.65. The first-order valence-corrected chi connectivity index (χ1v) is 8.15. The molecule has 4 nitrogen and oxygen atoms in total. The Bertz CT molecular complexity index is 531. The molecule has 1 saturated heterocycles. The van der Waals surface area contributed by atoms with Gasteiger partial charge in [-0.1, -0.05) is 31.4 Å². The van der Waals surface area contributed by atoms with E-state index in [4.69, 9.17) is 0 Å². The molecule has 1 saturated carbocycles. The lowest BCUT2D eigenvalue weighted by atomic mass is 9.83. The maximum absolute atomic E-state index is 13.7. The Kier molecular flexibility index (Phi) is 4.62. The van der Waals surface area contributed by atoms with Crippen LogP contribution in [0.5, 0.6) is 0 Å². The molecule has 1 aliphatic carbocycles. The van der Waals surface area contributed by atoms with E-state index in [1.54, 1.807) is 23.1 Å². The van der Waals surface area contributed by atoms with Crippen LogP contribution < -0.4 is 5.32 Å². The van der Waals surface area contributed by atoms with E-state index in [1.165, 1.54) is 25.3 Å².